The van der Waals surface area contributed by atoms with Crippen LogP contribution in [0.3, 0.4) is 0 Å². The summed E-state index contributed by atoms with van der Waals surface area (Å²) in [6.07, 6.45) is -3.06. The van der Waals surface area contributed by atoms with Gasteiger partial charge in [-0.15, -0.1) is 0 Å². The molecule has 1 aromatic carbocycles. The molecule has 17 heavy (non-hydrogen) atoms. The Kier molecular flexibility index (Phi) is 4.92. The van der Waals surface area contributed by atoms with Crippen molar-refractivity contribution < 1.29 is 19.7 Å². The number of esters is 1. The number of aliphatic hydroxyl groups is 2. The van der Waals surface area contributed by atoms with Crippen molar-refractivity contribution in [1.82, 2.24) is 0 Å². The van der Waals surface area contributed by atoms with Crippen LogP contribution >= 0.6 is 15.9 Å². The average Bonchev–Trinajstić information content (AvgIpc) is 2.30. The van der Waals surface area contributed by atoms with Gasteiger partial charge in [-0.25, -0.2) is 4.79 Å². The Bertz CT molecular complexity index is 410. The van der Waals surface area contributed by atoms with Gasteiger partial charge in [0.05, 0.1) is 6.61 Å². The van der Waals surface area contributed by atoms with Crippen molar-refractivity contribution in [2.24, 2.45) is 0 Å². The molecule has 0 aliphatic rings. The summed E-state index contributed by atoms with van der Waals surface area (Å²) in [5.74, 6) is -0.876. The van der Waals surface area contributed by atoms with Crippen LogP contribution in [-0.4, -0.2) is 28.9 Å². The predicted molar refractivity (Wildman–Crippen MR) is 66.2 cm³/mol. The van der Waals surface area contributed by atoms with Crippen LogP contribution in [0.4, 0.5) is 5.69 Å². The summed E-state index contributed by atoms with van der Waals surface area (Å²) >= 11 is 3.22. The van der Waals surface area contributed by atoms with E-state index in [2.05, 4.69) is 20.7 Å². The monoisotopic (exact) mass is 303 g/mol. The minimum Gasteiger partial charge on any atom is -0.464 e. The molecule has 94 valence electrons. The number of rotatable bonds is 4. The van der Waals surface area contributed by atoms with E-state index >= 15 is 0 Å². The Morgan fingerprint density at radius 3 is 2.76 bits per heavy atom. The van der Waals surface area contributed by atoms with Crippen LogP contribution in [-0.2, 0) is 9.53 Å². The number of aliphatic hydroxyl groups excluding tert-OH is 2. The summed E-state index contributed by atoms with van der Waals surface area (Å²) in [6.45, 7) is 1.75. The van der Waals surface area contributed by atoms with E-state index in [1.165, 1.54) is 0 Å². The van der Waals surface area contributed by atoms with Gasteiger partial charge in [-0.1, -0.05) is 15.9 Å². The van der Waals surface area contributed by atoms with E-state index < -0.39 is 18.2 Å². The molecule has 4 N–H and O–H groups in total. The van der Waals surface area contributed by atoms with Crippen LogP contribution in [0.5, 0.6) is 0 Å². The van der Waals surface area contributed by atoms with Gasteiger partial charge in [-0.3, -0.25) is 0 Å². The normalized spacial score (nSPS) is 14.1. The molecule has 0 aliphatic heterocycles. The van der Waals surface area contributed by atoms with Crippen molar-refractivity contribution in [3.8, 4) is 0 Å². The van der Waals surface area contributed by atoms with E-state index in [-0.39, 0.29) is 12.2 Å². The zero-order valence-corrected chi connectivity index (χ0v) is 10.8. The molecule has 6 heteroatoms. The highest BCUT2D eigenvalue weighted by Crippen LogP contribution is 2.27. The van der Waals surface area contributed by atoms with Crippen LogP contribution in [0.15, 0.2) is 22.7 Å². The quantitative estimate of drug-likeness (QED) is 0.570. The Balaban J connectivity index is 2.91. The van der Waals surface area contributed by atoms with Gasteiger partial charge in [0, 0.05) is 15.7 Å². The van der Waals surface area contributed by atoms with Gasteiger partial charge in [-0.2, -0.15) is 0 Å². The maximum absolute atomic E-state index is 11.3. The van der Waals surface area contributed by atoms with Crippen LogP contribution < -0.4 is 5.73 Å². The first kappa shape index (κ1) is 14.0. The Morgan fingerprint density at radius 2 is 2.18 bits per heavy atom. The van der Waals surface area contributed by atoms with Gasteiger partial charge in [0.2, 0.25) is 0 Å². The minimum atomic E-state index is -1.65. The first-order valence-electron chi connectivity index (χ1n) is 5.05. The van der Waals surface area contributed by atoms with Gasteiger partial charge in [0.25, 0.3) is 0 Å². The summed E-state index contributed by atoms with van der Waals surface area (Å²) in [7, 11) is 0. The molecule has 0 amide bonds. The van der Waals surface area contributed by atoms with Crippen molar-refractivity contribution in [3.63, 3.8) is 0 Å². The van der Waals surface area contributed by atoms with E-state index in [4.69, 9.17) is 5.73 Å². The highest BCUT2D eigenvalue weighted by Gasteiger charge is 2.28. The average molecular weight is 304 g/mol. The second kappa shape index (κ2) is 6.00. The smallest absolute Gasteiger partial charge is 0.338 e. The Morgan fingerprint density at radius 1 is 1.53 bits per heavy atom. The topological polar surface area (TPSA) is 92.8 Å². The number of anilines is 1. The number of hydrogen-bond donors (Lipinski definition) is 3. The lowest BCUT2D eigenvalue weighted by atomic mass is 10.0. The highest BCUT2D eigenvalue weighted by molar-refractivity contribution is 9.10. The summed E-state index contributed by atoms with van der Waals surface area (Å²) in [6, 6.07) is 4.81. The molecular weight excluding hydrogens is 290 g/mol. The third kappa shape index (κ3) is 3.42. The number of benzene rings is 1. The van der Waals surface area contributed by atoms with E-state index in [0.29, 0.717) is 10.2 Å². The van der Waals surface area contributed by atoms with Crippen molar-refractivity contribution >= 4 is 27.6 Å². The molecule has 0 saturated heterocycles. The van der Waals surface area contributed by atoms with E-state index in [0.717, 1.165) is 0 Å². The van der Waals surface area contributed by atoms with Gasteiger partial charge < -0.3 is 20.7 Å². The first-order chi connectivity index (χ1) is 7.97. The van der Waals surface area contributed by atoms with E-state index in [1.807, 2.05) is 0 Å². The summed E-state index contributed by atoms with van der Waals surface area (Å²) in [4.78, 5) is 11.3. The molecule has 0 saturated carbocycles. The Hall–Kier alpha value is -1.11. The lowest BCUT2D eigenvalue weighted by Crippen LogP contribution is -2.30. The van der Waals surface area contributed by atoms with Gasteiger partial charge >= 0.3 is 5.97 Å². The molecule has 1 aromatic rings. The van der Waals surface area contributed by atoms with Crippen LogP contribution in [0.1, 0.15) is 18.6 Å². The number of carbonyl (C=O) groups is 1. The van der Waals surface area contributed by atoms with Crippen molar-refractivity contribution in [1.29, 1.82) is 0 Å². The second-order valence-electron chi connectivity index (χ2n) is 3.41. The molecule has 0 aromatic heterocycles. The number of halogens is 1. The van der Waals surface area contributed by atoms with Crippen molar-refractivity contribution in [2.75, 3.05) is 12.3 Å². The summed E-state index contributed by atoms with van der Waals surface area (Å²) < 4.78 is 5.31. The Labute approximate surface area is 107 Å². The van der Waals surface area contributed by atoms with Gasteiger partial charge in [0.1, 0.15) is 6.10 Å². The number of hydrogen-bond acceptors (Lipinski definition) is 5. The minimum absolute atomic E-state index is 0.135. The standard InChI is InChI=1S/C11H14BrNO4/c1-2-17-11(16)10(15)9(14)7-5-6(12)3-4-8(7)13/h3-5,9-10,14-15H,2,13H2,1H3. The van der Waals surface area contributed by atoms with Crippen molar-refractivity contribution in [2.45, 2.75) is 19.1 Å². The molecular formula is C11H14BrNO4. The maximum Gasteiger partial charge on any atom is 0.338 e. The zero-order valence-electron chi connectivity index (χ0n) is 9.26. The fourth-order valence-electron chi connectivity index (χ4n) is 1.33. The van der Waals surface area contributed by atoms with Gasteiger partial charge in [0.15, 0.2) is 6.10 Å². The van der Waals surface area contributed by atoms with E-state index in [9.17, 15) is 15.0 Å². The number of nitrogens with two attached hydrogens (primary N) is 1. The lowest BCUT2D eigenvalue weighted by Gasteiger charge is -2.18. The maximum atomic E-state index is 11.3. The SMILES string of the molecule is CCOC(=O)C(O)C(O)c1cc(Br)ccc1N. The first-order valence-corrected chi connectivity index (χ1v) is 5.84. The largest absolute Gasteiger partial charge is 0.464 e. The molecule has 2 atom stereocenters. The molecule has 0 bridgehead atoms. The summed E-state index contributed by atoms with van der Waals surface area (Å²) in [5.41, 5.74) is 6.23. The molecule has 0 fully saturated rings. The van der Waals surface area contributed by atoms with Crippen LogP contribution in [0.25, 0.3) is 0 Å². The lowest BCUT2D eigenvalue weighted by molar-refractivity contribution is -0.159. The number of ether oxygens (including phenoxy) is 1. The second-order valence-corrected chi connectivity index (χ2v) is 4.33. The number of nitrogen functional groups attached to an aromatic ring is 1. The van der Waals surface area contributed by atoms with Crippen molar-refractivity contribution in [3.05, 3.63) is 28.2 Å². The third-order valence-corrected chi connectivity index (χ3v) is 2.69. The predicted octanol–water partition coefficient (Wildman–Crippen LogP) is 0.989. The summed E-state index contributed by atoms with van der Waals surface area (Å²) in [5, 5.41) is 19.4. The molecule has 5 nitrogen and oxygen atoms in total. The third-order valence-electron chi connectivity index (χ3n) is 2.19. The molecule has 2 unspecified atom stereocenters. The number of carbonyl (C=O) groups excluding carboxylic acids is 1. The fourth-order valence-corrected chi connectivity index (χ4v) is 1.71. The van der Waals surface area contributed by atoms with Crippen LogP contribution in [0.2, 0.25) is 0 Å². The molecule has 0 radical (unpaired) electrons. The molecule has 0 heterocycles. The molecule has 1 rings (SSSR count). The van der Waals surface area contributed by atoms with Crippen LogP contribution in [0, 0.1) is 0 Å². The molecule has 0 spiro atoms. The fraction of sp³-hybridized carbons (Fsp3) is 0.364. The van der Waals surface area contributed by atoms with E-state index in [1.54, 1.807) is 25.1 Å². The van der Waals surface area contributed by atoms with Gasteiger partial charge in [-0.05, 0) is 25.1 Å². The molecule has 0 aliphatic carbocycles. The highest BCUT2D eigenvalue weighted by atomic mass is 79.9. The zero-order chi connectivity index (χ0) is 13.0.